The van der Waals surface area contributed by atoms with E-state index in [1.54, 1.807) is 6.07 Å². The summed E-state index contributed by atoms with van der Waals surface area (Å²) in [6, 6.07) is 13.8. The zero-order chi connectivity index (χ0) is 15.5. The van der Waals surface area contributed by atoms with Crippen LogP contribution in [0.1, 0.15) is 31.9 Å². The van der Waals surface area contributed by atoms with E-state index < -0.39 is 0 Å². The van der Waals surface area contributed by atoms with Crippen molar-refractivity contribution in [1.29, 1.82) is 0 Å². The molecule has 1 nitrogen and oxygen atoms in total. The van der Waals surface area contributed by atoms with Crippen LogP contribution in [0.25, 0.3) is 0 Å². The lowest BCUT2D eigenvalue weighted by Crippen LogP contribution is -2.10. The molecule has 0 saturated carbocycles. The van der Waals surface area contributed by atoms with Crippen LogP contribution in [0.4, 0.5) is 4.39 Å². The lowest BCUT2D eigenvalue weighted by molar-refractivity contribution is 0.589. The number of nitrogens with one attached hydrogen (secondary N) is 1. The SMILES string of the molecule is CNCc1ccc(Sc2ccc(C(C)(C)C)cc2)c(F)c1. The molecule has 0 amide bonds. The van der Waals surface area contributed by atoms with Crippen LogP contribution in [-0.2, 0) is 12.0 Å². The second-order valence-electron chi connectivity index (χ2n) is 6.17. The van der Waals surface area contributed by atoms with Gasteiger partial charge in [-0.1, -0.05) is 50.7 Å². The van der Waals surface area contributed by atoms with Gasteiger partial charge in [0.15, 0.2) is 0 Å². The van der Waals surface area contributed by atoms with E-state index in [1.165, 1.54) is 17.3 Å². The summed E-state index contributed by atoms with van der Waals surface area (Å²) in [5.74, 6) is -0.160. The molecule has 2 rings (SSSR count). The molecule has 0 aliphatic carbocycles. The molecular formula is C18H22FNS. The van der Waals surface area contributed by atoms with Gasteiger partial charge in [-0.05, 0) is 47.9 Å². The fraction of sp³-hybridized carbons (Fsp3) is 0.333. The molecule has 0 spiro atoms. The third kappa shape index (κ3) is 4.32. The lowest BCUT2D eigenvalue weighted by Gasteiger charge is -2.19. The average Bonchev–Trinajstić information content (AvgIpc) is 2.42. The van der Waals surface area contributed by atoms with Gasteiger partial charge in [0.1, 0.15) is 5.82 Å². The monoisotopic (exact) mass is 303 g/mol. The first-order valence-electron chi connectivity index (χ1n) is 7.11. The molecule has 3 heteroatoms. The van der Waals surface area contributed by atoms with Gasteiger partial charge in [-0.15, -0.1) is 0 Å². The van der Waals surface area contributed by atoms with E-state index in [2.05, 4.69) is 50.4 Å². The van der Waals surface area contributed by atoms with E-state index in [-0.39, 0.29) is 11.2 Å². The summed E-state index contributed by atoms with van der Waals surface area (Å²) in [7, 11) is 1.86. The van der Waals surface area contributed by atoms with Crippen molar-refractivity contribution in [3.63, 3.8) is 0 Å². The zero-order valence-electron chi connectivity index (χ0n) is 13.0. The average molecular weight is 303 g/mol. The number of halogens is 1. The van der Waals surface area contributed by atoms with E-state index in [4.69, 9.17) is 0 Å². The van der Waals surface area contributed by atoms with Crippen LogP contribution < -0.4 is 5.32 Å². The Morgan fingerprint density at radius 3 is 2.24 bits per heavy atom. The highest BCUT2D eigenvalue weighted by atomic mass is 32.2. The van der Waals surface area contributed by atoms with E-state index in [0.717, 1.165) is 10.5 Å². The zero-order valence-corrected chi connectivity index (χ0v) is 13.9. The normalized spacial score (nSPS) is 11.7. The second kappa shape index (κ2) is 6.63. The molecule has 0 heterocycles. The van der Waals surface area contributed by atoms with E-state index in [0.29, 0.717) is 11.4 Å². The van der Waals surface area contributed by atoms with Gasteiger partial charge in [0.25, 0.3) is 0 Å². The summed E-state index contributed by atoms with van der Waals surface area (Å²) < 4.78 is 14.1. The summed E-state index contributed by atoms with van der Waals surface area (Å²) in [6.45, 7) is 7.25. The predicted octanol–water partition coefficient (Wildman–Crippen LogP) is 4.99. The minimum Gasteiger partial charge on any atom is -0.316 e. The first-order valence-corrected chi connectivity index (χ1v) is 7.93. The number of benzene rings is 2. The molecule has 0 atom stereocenters. The van der Waals surface area contributed by atoms with Crippen molar-refractivity contribution >= 4 is 11.8 Å². The Labute approximate surface area is 131 Å². The number of hydrogen-bond donors (Lipinski definition) is 1. The van der Waals surface area contributed by atoms with Crippen molar-refractivity contribution in [1.82, 2.24) is 5.32 Å². The largest absolute Gasteiger partial charge is 0.316 e. The molecule has 0 bridgehead atoms. The van der Waals surface area contributed by atoms with Crippen LogP contribution in [0.5, 0.6) is 0 Å². The van der Waals surface area contributed by atoms with Crippen LogP contribution in [0, 0.1) is 5.82 Å². The minimum absolute atomic E-state index is 0.142. The molecule has 0 aliphatic heterocycles. The minimum atomic E-state index is -0.160. The first kappa shape index (κ1) is 16.1. The van der Waals surface area contributed by atoms with Crippen molar-refractivity contribution in [2.45, 2.75) is 42.5 Å². The highest BCUT2D eigenvalue weighted by molar-refractivity contribution is 7.99. The maximum Gasteiger partial charge on any atom is 0.137 e. The van der Waals surface area contributed by atoms with Crippen LogP contribution in [0.2, 0.25) is 0 Å². The quantitative estimate of drug-likeness (QED) is 0.853. The molecule has 2 aromatic carbocycles. The van der Waals surface area contributed by atoms with Crippen LogP contribution in [0.3, 0.4) is 0 Å². The molecule has 0 aromatic heterocycles. The molecule has 0 radical (unpaired) electrons. The summed E-state index contributed by atoms with van der Waals surface area (Å²) >= 11 is 1.46. The molecule has 2 aromatic rings. The highest BCUT2D eigenvalue weighted by Gasteiger charge is 2.13. The van der Waals surface area contributed by atoms with Crippen molar-refractivity contribution in [3.05, 3.63) is 59.4 Å². The molecule has 0 saturated heterocycles. The Hall–Kier alpha value is -1.32. The summed E-state index contributed by atoms with van der Waals surface area (Å²) in [5, 5.41) is 3.03. The van der Waals surface area contributed by atoms with Gasteiger partial charge in [-0.2, -0.15) is 0 Å². The Kier molecular flexibility index (Phi) is 5.07. The van der Waals surface area contributed by atoms with Crippen molar-refractivity contribution in [2.75, 3.05) is 7.05 Å². The third-order valence-electron chi connectivity index (χ3n) is 3.33. The molecule has 0 aliphatic rings. The first-order chi connectivity index (χ1) is 9.90. The maximum atomic E-state index is 14.1. The smallest absolute Gasteiger partial charge is 0.137 e. The van der Waals surface area contributed by atoms with E-state index >= 15 is 0 Å². The fourth-order valence-electron chi connectivity index (χ4n) is 2.09. The molecule has 0 fully saturated rings. The predicted molar refractivity (Wildman–Crippen MR) is 88.4 cm³/mol. The van der Waals surface area contributed by atoms with Gasteiger partial charge in [0, 0.05) is 16.3 Å². The van der Waals surface area contributed by atoms with E-state index in [1.807, 2.05) is 19.2 Å². The third-order valence-corrected chi connectivity index (χ3v) is 4.38. The standard InChI is InChI=1S/C18H22FNS/c1-18(2,3)14-6-8-15(9-7-14)21-17-10-5-13(12-20-4)11-16(17)19/h5-11,20H,12H2,1-4H3. The van der Waals surface area contributed by atoms with Crippen molar-refractivity contribution < 1.29 is 4.39 Å². The van der Waals surface area contributed by atoms with Crippen LogP contribution in [0.15, 0.2) is 52.3 Å². The lowest BCUT2D eigenvalue weighted by atomic mass is 9.87. The summed E-state index contributed by atoms with van der Waals surface area (Å²) in [6.07, 6.45) is 0. The summed E-state index contributed by atoms with van der Waals surface area (Å²) in [5.41, 5.74) is 2.39. The highest BCUT2D eigenvalue weighted by Crippen LogP contribution is 2.32. The molecule has 112 valence electrons. The van der Waals surface area contributed by atoms with Crippen molar-refractivity contribution in [3.8, 4) is 0 Å². The van der Waals surface area contributed by atoms with Gasteiger partial charge >= 0.3 is 0 Å². The van der Waals surface area contributed by atoms with Gasteiger partial charge < -0.3 is 5.32 Å². The molecule has 1 N–H and O–H groups in total. The Balaban J connectivity index is 2.15. The van der Waals surface area contributed by atoms with Crippen LogP contribution in [-0.4, -0.2) is 7.05 Å². The number of rotatable bonds is 4. The Morgan fingerprint density at radius 2 is 1.71 bits per heavy atom. The topological polar surface area (TPSA) is 12.0 Å². The molecular weight excluding hydrogens is 281 g/mol. The fourth-order valence-corrected chi connectivity index (χ4v) is 2.91. The molecule has 0 unspecified atom stereocenters. The molecule has 21 heavy (non-hydrogen) atoms. The van der Waals surface area contributed by atoms with Crippen molar-refractivity contribution in [2.24, 2.45) is 0 Å². The Morgan fingerprint density at radius 1 is 1.05 bits per heavy atom. The summed E-state index contributed by atoms with van der Waals surface area (Å²) in [4.78, 5) is 1.72. The van der Waals surface area contributed by atoms with Gasteiger partial charge in [-0.25, -0.2) is 4.39 Å². The van der Waals surface area contributed by atoms with Gasteiger partial charge in [0.2, 0.25) is 0 Å². The maximum absolute atomic E-state index is 14.1. The van der Waals surface area contributed by atoms with Crippen LogP contribution >= 0.6 is 11.8 Å². The number of hydrogen-bond acceptors (Lipinski definition) is 2. The Bertz CT molecular complexity index is 600. The van der Waals surface area contributed by atoms with E-state index in [9.17, 15) is 4.39 Å². The van der Waals surface area contributed by atoms with Gasteiger partial charge in [-0.3, -0.25) is 0 Å². The second-order valence-corrected chi connectivity index (χ2v) is 7.29. The van der Waals surface area contributed by atoms with Gasteiger partial charge in [0.05, 0.1) is 0 Å².